The number of aryl methyl sites for hydroxylation is 2. The maximum absolute atomic E-state index is 6.00. The minimum atomic E-state index is 0.619. The summed E-state index contributed by atoms with van der Waals surface area (Å²) in [7, 11) is 0. The van der Waals surface area contributed by atoms with Crippen molar-refractivity contribution in [3.05, 3.63) is 59.9 Å². The number of benzene rings is 2. The van der Waals surface area contributed by atoms with Crippen molar-refractivity contribution < 1.29 is 4.74 Å². The van der Waals surface area contributed by atoms with Crippen molar-refractivity contribution in [3.63, 3.8) is 0 Å². The van der Waals surface area contributed by atoms with Crippen LogP contribution in [0.3, 0.4) is 0 Å². The highest BCUT2D eigenvalue weighted by Crippen LogP contribution is 2.34. The molecular formula is C23H28N2O. The first-order chi connectivity index (χ1) is 12.8. The molecule has 0 radical (unpaired) electrons. The Kier molecular flexibility index (Phi) is 5.24. The molecule has 0 unspecified atom stereocenters. The van der Waals surface area contributed by atoms with Crippen LogP contribution in [0.5, 0.6) is 5.75 Å². The molecule has 0 aliphatic heterocycles. The number of ether oxygens (including phenoxy) is 1. The predicted molar refractivity (Wildman–Crippen MR) is 107 cm³/mol. The molecule has 0 saturated heterocycles. The van der Waals surface area contributed by atoms with Gasteiger partial charge in [0.2, 0.25) is 0 Å². The minimum Gasteiger partial charge on any atom is -0.493 e. The number of nitrogens with zero attached hydrogens (tertiary/aromatic N) is 2. The molecule has 136 valence electrons. The second-order valence-corrected chi connectivity index (χ2v) is 7.41. The molecule has 1 heterocycles. The van der Waals surface area contributed by atoms with E-state index in [1.807, 2.05) is 6.07 Å². The smallest absolute Gasteiger partial charge is 0.122 e. The van der Waals surface area contributed by atoms with E-state index in [0.717, 1.165) is 30.8 Å². The average Bonchev–Trinajstić information content (AvgIpc) is 3.06. The monoisotopic (exact) mass is 348 g/mol. The maximum Gasteiger partial charge on any atom is 0.122 e. The summed E-state index contributed by atoms with van der Waals surface area (Å²) in [5.41, 5.74) is 3.60. The zero-order valence-corrected chi connectivity index (χ0v) is 15.7. The fourth-order valence-corrected chi connectivity index (χ4v) is 4.12. The number of fused-ring (bicyclic) bond motifs is 1. The van der Waals surface area contributed by atoms with Crippen molar-refractivity contribution in [1.29, 1.82) is 0 Å². The summed E-state index contributed by atoms with van der Waals surface area (Å²) < 4.78 is 8.45. The number of rotatable bonds is 6. The van der Waals surface area contributed by atoms with E-state index in [0.29, 0.717) is 5.92 Å². The Hall–Kier alpha value is -2.29. The van der Waals surface area contributed by atoms with E-state index in [2.05, 4.69) is 54.0 Å². The van der Waals surface area contributed by atoms with E-state index in [9.17, 15) is 0 Å². The van der Waals surface area contributed by atoms with E-state index in [1.54, 1.807) is 0 Å². The zero-order chi connectivity index (χ0) is 17.8. The molecule has 3 aromatic rings. The summed E-state index contributed by atoms with van der Waals surface area (Å²) in [5, 5.41) is 0. The summed E-state index contributed by atoms with van der Waals surface area (Å²) in [6.07, 6.45) is 7.61. The first-order valence-electron chi connectivity index (χ1n) is 9.96. The summed E-state index contributed by atoms with van der Waals surface area (Å²) in [6, 6.07) is 16.8. The molecule has 3 heteroatoms. The highest BCUT2D eigenvalue weighted by atomic mass is 16.5. The number of hydrogen-bond donors (Lipinski definition) is 0. The topological polar surface area (TPSA) is 27.1 Å². The molecule has 0 amide bonds. The third kappa shape index (κ3) is 3.62. The van der Waals surface area contributed by atoms with Gasteiger partial charge in [0, 0.05) is 12.5 Å². The molecule has 1 fully saturated rings. The van der Waals surface area contributed by atoms with E-state index in [1.165, 1.54) is 49.0 Å². The van der Waals surface area contributed by atoms with Crippen LogP contribution in [0.25, 0.3) is 11.0 Å². The minimum absolute atomic E-state index is 0.619. The van der Waals surface area contributed by atoms with Gasteiger partial charge in [-0.25, -0.2) is 4.98 Å². The highest BCUT2D eigenvalue weighted by molar-refractivity contribution is 5.76. The molecule has 4 rings (SSSR count). The van der Waals surface area contributed by atoms with Gasteiger partial charge in [-0.2, -0.15) is 0 Å². The number of para-hydroxylation sites is 3. The first-order valence-corrected chi connectivity index (χ1v) is 9.96. The molecule has 0 N–H and O–H groups in total. The van der Waals surface area contributed by atoms with Gasteiger partial charge in [0.25, 0.3) is 0 Å². The fraction of sp³-hybridized carbons (Fsp3) is 0.435. The second kappa shape index (κ2) is 7.94. The molecule has 2 aromatic carbocycles. The lowest BCUT2D eigenvalue weighted by Crippen LogP contribution is -2.14. The van der Waals surface area contributed by atoms with Crippen molar-refractivity contribution in [2.75, 3.05) is 6.61 Å². The Morgan fingerprint density at radius 2 is 1.77 bits per heavy atom. The largest absolute Gasteiger partial charge is 0.493 e. The summed E-state index contributed by atoms with van der Waals surface area (Å²) in [4.78, 5) is 5.01. The van der Waals surface area contributed by atoms with E-state index < -0.39 is 0 Å². The third-order valence-corrected chi connectivity index (χ3v) is 5.53. The SMILES string of the molecule is Cc1ccccc1OCCCn1c(C2CCCCC2)nc2ccccc21. The van der Waals surface area contributed by atoms with Gasteiger partial charge in [-0.1, -0.05) is 49.6 Å². The van der Waals surface area contributed by atoms with Gasteiger partial charge >= 0.3 is 0 Å². The molecule has 26 heavy (non-hydrogen) atoms. The van der Waals surface area contributed by atoms with Crippen LogP contribution < -0.4 is 4.74 Å². The molecule has 1 aliphatic rings. The number of aromatic nitrogens is 2. The Balaban J connectivity index is 1.48. The maximum atomic E-state index is 6.00. The van der Waals surface area contributed by atoms with Gasteiger partial charge in [-0.05, 0) is 49.9 Å². The molecule has 0 atom stereocenters. The van der Waals surface area contributed by atoms with Crippen LogP contribution in [0.2, 0.25) is 0 Å². The van der Waals surface area contributed by atoms with Crippen LogP contribution in [0, 0.1) is 6.92 Å². The normalized spacial score (nSPS) is 15.4. The third-order valence-electron chi connectivity index (χ3n) is 5.53. The lowest BCUT2D eigenvalue weighted by atomic mass is 9.88. The summed E-state index contributed by atoms with van der Waals surface area (Å²) in [6.45, 7) is 3.81. The zero-order valence-electron chi connectivity index (χ0n) is 15.7. The van der Waals surface area contributed by atoms with E-state index in [4.69, 9.17) is 9.72 Å². The van der Waals surface area contributed by atoms with Gasteiger partial charge < -0.3 is 9.30 Å². The van der Waals surface area contributed by atoms with Crippen LogP contribution in [-0.2, 0) is 6.54 Å². The lowest BCUT2D eigenvalue weighted by Gasteiger charge is -2.22. The van der Waals surface area contributed by atoms with Gasteiger partial charge in [0.1, 0.15) is 11.6 Å². The predicted octanol–water partition coefficient (Wildman–Crippen LogP) is 5.86. The average molecular weight is 348 g/mol. The number of hydrogen-bond acceptors (Lipinski definition) is 2. The second-order valence-electron chi connectivity index (χ2n) is 7.41. The van der Waals surface area contributed by atoms with Crippen LogP contribution in [0.4, 0.5) is 0 Å². The van der Waals surface area contributed by atoms with E-state index in [-0.39, 0.29) is 0 Å². The van der Waals surface area contributed by atoms with Crippen LogP contribution in [-0.4, -0.2) is 16.2 Å². The summed E-state index contributed by atoms with van der Waals surface area (Å²) in [5.74, 6) is 2.91. The number of imidazole rings is 1. The molecular weight excluding hydrogens is 320 g/mol. The fourth-order valence-electron chi connectivity index (χ4n) is 4.12. The highest BCUT2D eigenvalue weighted by Gasteiger charge is 2.22. The molecule has 1 aromatic heterocycles. The summed E-state index contributed by atoms with van der Waals surface area (Å²) >= 11 is 0. The standard InChI is InChI=1S/C23H28N2O/c1-18-10-5-8-15-22(18)26-17-9-16-25-21-14-7-6-13-20(21)24-23(25)19-11-3-2-4-12-19/h5-8,10,13-15,19H,2-4,9,11-12,16-17H2,1H3. The Morgan fingerprint density at radius 3 is 2.62 bits per heavy atom. The van der Waals surface area contributed by atoms with Crippen molar-refractivity contribution in [1.82, 2.24) is 9.55 Å². The van der Waals surface area contributed by atoms with Crippen LogP contribution in [0.15, 0.2) is 48.5 Å². The van der Waals surface area contributed by atoms with Crippen molar-refractivity contribution >= 4 is 11.0 Å². The first kappa shape index (κ1) is 17.1. The lowest BCUT2D eigenvalue weighted by molar-refractivity contribution is 0.298. The molecule has 1 saturated carbocycles. The van der Waals surface area contributed by atoms with Crippen molar-refractivity contribution in [2.24, 2.45) is 0 Å². The molecule has 1 aliphatic carbocycles. The quantitative estimate of drug-likeness (QED) is 0.522. The Bertz CT molecular complexity index is 862. The van der Waals surface area contributed by atoms with Crippen LogP contribution in [0.1, 0.15) is 55.8 Å². The van der Waals surface area contributed by atoms with E-state index >= 15 is 0 Å². The van der Waals surface area contributed by atoms with Gasteiger partial charge in [-0.15, -0.1) is 0 Å². The molecule has 3 nitrogen and oxygen atoms in total. The molecule has 0 spiro atoms. The van der Waals surface area contributed by atoms with Gasteiger partial charge in [0.05, 0.1) is 17.6 Å². The molecule has 0 bridgehead atoms. The Labute approximate surface area is 156 Å². The van der Waals surface area contributed by atoms with Gasteiger partial charge in [-0.3, -0.25) is 0 Å². The van der Waals surface area contributed by atoms with Crippen LogP contribution >= 0.6 is 0 Å². The van der Waals surface area contributed by atoms with Gasteiger partial charge in [0.15, 0.2) is 0 Å². The van der Waals surface area contributed by atoms with Crippen molar-refractivity contribution in [2.45, 2.75) is 57.9 Å². The Morgan fingerprint density at radius 1 is 1.00 bits per heavy atom. The van der Waals surface area contributed by atoms with Crippen molar-refractivity contribution in [3.8, 4) is 5.75 Å².